The summed E-state index contributed by atoms with van der Waals surface area (Å²) in [6, 6.07) is -0.649. The Hall–Kier alpha value is -4.91. The molecule has 0 spiro atoms. The SMILES string of the molecule is CCC=CCC=CCC=CCC=CCC=CCC=CCCC(=O)NCCN(C)CCN(C[C@@H]1O[C@H](n2cc(C)c(=O)[nH]c2=O)C[C@@H]1N=[N+]=N)C(=O)O. The second-order valence-corrected chi connectivity index (χ2v) is 12.5. The minimum absolute atomic E-state index is 0.0422. The van der Waals surface area contributed by atoms with Gasteiger partial charge in [-0.25, -0.2) is 9.59 Å². The number of aromatic amines is 1. The van der Waals surface area contributed by atoms with Gasteiger partial charge in [-0.05, 0) is 58.9 Å². The molecule has 14 nitrogen and oxygen atoms in total. The molecule has 0 saturated carbocycles. The number of nitrogens with zero attached hydrogens (tertiary/aromatic N) is 5. The van der Waals surface area contributed by atoms with E-state index in [2.05, 4.69) is 94.1 Å². The summed E-state index contributed by atoms with van der Waals surface area (Å²) in [7, 11) is 1.84. The highest BCUT2D eigenvalue weighted by atomic mass is 16.5. The number of amides is 2. The van der Waals surface area contributed by atoms with E-state index in [9.17, 15) is 24.3 Å². The first kappa shape index (κ1) is 43.3. The van der Waals surface area contributed by atoms with E-state index in [-0.39, 0.29) is 25.4 Å². The van der Waals surface area contributed by atoms with Crippen molar-refractivity contribution in [3.63, 3.8) is 0 Å². The van der Waals surface area contributed by atoms with Crippen molar-refractivity contribution < 1.29 is 19.4 Å². The summed E-state index contributed by atoms with van der Waals surface area (Å²) >= 11 is 0. The summed E-state index contributed by atoms with van der Waals surface area (Å²) in [6.45, 7) is 5.18. The molecule has 14 heteroatoms. The van der Waals surface area contributed by atoms with Gasteiger partial charge in [-0.1, -0.05) is 79.8 Å². The van der Waals surface area contributed by atoms with Crippen molar-refractivity contribution in [3.8, 4) is 0 Å². The minimum Gasteiger partial charge on any atom is -0.465 e. The number of aryl methyl sites for hydroxylation is 1. The van der Waals surface area contributed by atoms with Crippen molar-refractivity contribution in [2.24, 2.45) is 5.11 Å². The Morgan fingerprint density at radius 3 is 2.12 bits per heavy atom. The lowest BCUT2D eigenvalue weighted by Gasteiger charge is -2.26. The second kappa shape index (κ2) is 26.0. The maximum atomic E-state index is 12.4. The van der Waals surface area contributed by atoms with E-state index < -0.39 is 35.7 Å². The van der Waals surface area contributed by atoms with Gasteiger partial charge in [0.25, 0.3) is 5.56 Å². The van der Waals surface area contributed by atoms with E-state index in [4.69, 9.17) is 10.3 Å². The van der Waals surface area contributed by atoms with Crippen LogP contribution in [0.5, 0.6) is 0 Å². The van der Waals surface area contributed by atoms with Crippen LogP contribution in [0.1, 0.15) is 76.5 Å². The number of likely N-dealkylation sites (N-methyl/N-ethyl adjacent to an activating group) is 1. The predicted octanol–water partition coefficient (Wildman–Crippen LogP) is 5.56. The van der Waals surface area contributed by atoms with Gasteiger partial charge in [-0.3, -0.25) is 19.1 Å². The van der Waals surface area contributed by atoms with Crippen molar-refractivity contribution in [1.82, 2.24) is 29.6 Å². The molecule has 2 amide bonds. The normalized spacial score (nSPS) is 17.9. The highest BCUT2D eigenvalue weighted by molar-refractivity contribution is 5.75. The maximum Gasteiger partial charge on any atom is 0.407 e. The van der Waals surface area contributed by atoms with Gasteiger partial charge in [0, 0.05) is 50.8 Å². The number of hydrogen-bond donors (Lipinski definition) is 4. The van der Waals surface area contributed by atoms with E-state index in [0.29, 0.717) is 38.0 Å². The Labute approximate surface area is 306 Å². The number of nitrogens with one attached hydrogen (secondary N) is 3. The average Bonchev–Trinajstić information content (AvgIpc) is 3.50. The van der Waals surface area contributed by atoms with Gasteiger partial charge in [-0.15, -0.1) is 0 Å². The van der Waals surface area contributed by atoms with Crippen LogP contribution >= 0.6 is 0 Å². The molecule has 1 aliphatic rings. The molecule has 0 aromatic carbocycles. The lowest BCUT2D eigenvalue weighted by molar-refractivity contribution is -0.121. The van der Waals surface area contributed by atoms with Crippen molar-refractivity contribution in [3.05, 3.63) is 106 Å². The third-order valence-electron chi connectivity index (χ3n) is 8.24. The van der Waals surface area contributed by atoms with E-state index in [1.54, 1.807) is 6.92 Å². The average molecular weight is 722 g/mol. The number of carbonyl (C=O) groups is 2. The fourth-order valence-corrected chi connectivity index (χ4v) is 5.26. The fourth-order valence-electron chi connectivity index (χ4n) is 5.26. The van der Waals surface area contributed by atoms with Crippen LogP contribution in [0.15, 0.2) is 93.8 Å². The summed E-state index contributed by atoms with van der Waals surface area (Å²) < 4.78 is 7.23. The molecule has 0 radical (unpaired) electrons. The van der Waals surface area contributed by atoms with Gasteiger partial charge in [0.05, 0.1) is 6.54 Å². The molecule has 1 saturated heterocycles. The molecule has 284 valence electrons. The van der Waals surface area contributed by atoms with Gasteiger partial charge >= 0.3 is 11.8 Å². The number of rotatable bonds is 24. The summed E-state index contributed by atoms with van der Waals surface area (Å²) in [5.74, 6) is -0.0422. The zero-order valence-electron chi connectivity index (χ0n) is 30.9. The standard InChI is InChI=1S/C38H56N8O6/c1-4-5-6-7-8-9-10-11-12-13-14-15-16-17-18-19-20-21-22-23-34(47)40-24-25-44(3)26-27-45(38(50)51)30-33-32(42-43-39)28-35(52-33)46-29-31(2)36(48)41-37(46)49/h5-6,8-9,11-12,14-15,17-18,20-21,29,32-33,35,39H,4,7,10,13,16,19,22-28,30H2,1-3H3,(H2-,40,41,47,48,49,50,51)/p+1/t32-,33-,35-/m0/s1. The van der Waals surface area contributed by atoms with Crippen LogP contribution in [0.2, 0.25) is 0 Å². The quantitative estimate of drug-likeness (QED) is 0.0611. The van der Waals surface area contributed by atoms with E-state index in [1.807, 2.05) is 18.0 Å². The first-order chi connectivity index (χ1) is 25.2. The number of ether oxygens (including phenoxy) is 1. The van der Waals surface area contributed by atoms with E-state index in [0.717, 1.165) is 38.5 Å². The van der Waals surface area contributed by atoms with Crippen LogP contribution in [-0.2, 0) is 9.53 Å². The zero-order chi connectivity index (χ0) is 38.0. The maximum absolute atomic E-state index is 12.4. The Bertz CT molecular complexity index is 1580. The van der Waals surface area contributed by atoms with Gasteiger partial charge in [0.2, 0.25) is 10.8 Å². The monoisotopic (exact) mass is 721 g/mol. The summed E-state index contributed by atoms with van der Waals surface area (Å²) in [5.41, 5.74) is 6.34. The molecule has 2 rings (SSSR count). The number of carbonyl (C=O) groups excluding carboxylic acids is 1. The molecule has 4 N–H and O–H groups in total. The first-order valence-corrected chi connectivity index (χ1v) is 18.0. The number of aromatic nitrogens is 2. The third-order valence-corrected chi connectivity index (χ3v) is 8.24. The molecule has 0 unspecified atom stereocenters. The van der Waals surface area contributed by atoms with E-state index in [1.165, 1.54) is 15.7 Å². The first-order valence-electron chi connectivity index (χ1n) is 18.0. The van der Waals surface area contributed by atoms with Crippen molar-refractivity contribution in [1.29, 1.82) is 5.53 Å². The summed E-state index contributed by atoms with van der Waals surface area (Å²) in [6.07, 6.45) is 31.4. The van der Waals surface area contributed by atoms with Crippen molar-refractivity contribution in [2.75, 3.05) is 39.8 Å². The number of carboxylic acid groups (broad SMARTS) is 1. The van der Waals surface area contributed by atoms with E-state index >= 15 is 0 Å². The summed E-state index contributed by atoms with van der Waals surface area (Å²) in [4.78, 5) is 56.9. The molecule has 0 bridgehead atoms. The Kier molecular flexibility index (Phi) is 21.6. The highest BCUT2D eigenvalue weighted by Crippen LogP contribution is 2.30. The highest BCUT2D eigenvalue weighted by Gasteiger charge is 2.41. The minimum atomic E-state index is -1.15. The van der Waals surface area contributed by atoms with Gasteiger partial charge in [0.15, 0.2) is 6.04 Å². The molecular formula is C38H57N8O6+. The number of H-pyrrole nitrogens is 1. The molecule has 1 aromatic heterocycles. The molecule has 3 atom stereocenters. The molecule has 1 aromatic rings. The number of allylic oxidation sites excluding steroid dienone is 12. The smallest absolute Gasteiger partial charge is 0.407 e. The van der Waals surface area contributed by atoms with Gasteiger partial charge in [-0.2, -0.15) is 0 Å². The Morgan fingerprint density at radius 1 is 0.981 bits per heavy atom. The van der Waals surface area contributed by atoms with Crippen LogP contribution < -0.4 is 21.5 Å². The van der Waals surface area contributed by atoms with Crippen LogP contribution in [-0.4, -0.2) is 88.4 Å². The third kappa shape index (κ3) is 17.8. The zero-order valence-corrected chi connectivity index (χ0v) is 30.9. The lowest BCUT2D eigenvalue weighted by atomic mass is 10.1. The molecule has 52 heavy (non-hydrogen) atoms. The van der Waals surface area contributed by atoms with Gasteiger partial charge < -0.3 is 25.0 Å². The van der Waals surface area contributed by atoms with Crippen molar-refractivity contribution >= 4 is 12.0 Å². The fraction of sp³-hybridized carbons (Fsp3) is 0.526. The molecule has 0 aliphatic carbocycles. The topological polar surface area (TPSA) is 187 Å². The largest absolute Gasteiger partial charge is 0.465 e. The van der Waals surface area contributed by atoms with Crippen molar-refractivity contribution in [2.45, 2.75) is 90.0 Å². The summed E-state index contributed by atoms with van der Waals surface area (Å²) in [5, 5.41) is 16.6. The van der Waals surface area contributed by atoms with Crippen LogP contribution in [0.4, 0.5) is 4.79 Å². The van der Waals surface area contributed by atoms with Crippen LogP contribution in [0, 0.1) is 12.5 Å². The predicted molar refractivity (Wildman–Crippen MR) is 203 cm³/mol. The molecule has 1 aliphatic heterocycles. The van der Waals surface area contributed by atoms with Crippen LogP contribution in [0.3, 0.4) is 0 Å². The molecule has 1 fully saturated rings. The lowest BCUT2D eigenvalue weighted by Crippen LogP contribution is -2.44. The van der Waals surface area contributed by atoms with Gasteiger partial charge in [0.1, 0.15) is 23.0 Å². The molecule has 2 heterocycles. The Balaban J connectivity index is 1.61. The molecular weight excluding hydrogens is 664 g/mol. The number of hydrogen-bond acceptors (Lipinski definition) is 8. The second-order valence-electron chi connectivity index (χ2n) is 12.5. The Morgan fingerprint density at radius 2 is 1.56 bits per heavy atom. The van der Waals surface area contributed by atoms with Crippen LogP contribution in [0.25, 0.3) is 0 Å².